The summed E-state index contributed by atoms with van der Waals surface area (Å²) < 4.78 is 0. The number of rotatable bonds is 0. The molecule has 0 spiro atoms. The minimum atomic E-state index is 0.840. The summed E-state index contributed by atoms with van der Waals surface area (Å²) in [6.45, 7) is 0. The van der Waals surface area contributed by atoms with Gasteiger partial charge in [0.25, 0.3) is 0 Å². The van der Waals surface area contributed by atoms with Gasteiger partial charge in [-0.05, 0) is 11.5 Å². The number of allylic oxidation sites excluding steroid dienone is 2. The number of thioether (sulfide) groups is 1. The second-order valence-electron chi connectivity index (χ2n) is 1.44. The van der Waals surface area contributed by atoms with Gasteiger partial charge < -0.3 is 0 Å². The van der Waals surface area contributed by atoms with Crippen molar-refractivity contribution >= 4 is 11.8 Å². The Morgan fingerprint density at radius 2 is 2.62 bits per heavy atom. The Morgan fingerprint density at radius 3 is 3.00 bits per heavy atom. The van der Waals surface area contributed by atoms with Crippen molar-refractivity contribution in [2.24, 2.45) is 0 Å². The van der Waals surface area contributed by atoms with Crippen molar-refractivity contribution in [2.75, 3.05) is 5.75 Å². The van der Waals surface area contributed by atoms with Crippen LogP contribution >= 0.6 is 11.8 Å². The van der Waals surface area contributed by atoms with Crippen molar-refractivity contribution in [2.45, 2.75) is 0 Å². The van der Waals surface area contributed by atoms with Gasteiger partial charge >= 0.3 is 0 Å². The van der Waals surface area contributed by atoms with Crippen LogP contribution in [-0.4, -0.2) is 5.75 Å². The molecule has 1 heterocycles. The Balaban J connectivity index is 2.67. The Labute approximate surface area is 52.7 Å². The highest BCUT2D eigenvalue weighted by Gasteiger charge is 1.94. The van der Waals surface area contributed by atoms with E-state index in [1.165, 1.54) is 0 Å². The van der Waals surface area contributed by atoms with Crippen LogP contribution in [0.2, 0.25) is 0 Å². The zero-order valence-corrected chi connectivity index (χ0v) is 5.11. The molecule has 0 saturated heterocycles. The van der Waals surface area contributed by atoms with Crippen LogP contribution in [0.25, 0.3) is 0 Å². The summed E-state index contributed by atoms with van der Waals surface area (Å²) in [5, 5.41) is 10.3. The van der Waals surface area contributed by atoms with Gasteiger partial charge in [0.1, 0.15) is 0 Å². The van der Waals surface area contributed by atoms with Crippen molar-refractivity contribution in [1.82, 2.24) is 0 Å². The minimum absolute atomic E-state index is 0.840. The van der Waals surface area contributed by atoms with Gasteiger partial charge in [-0.1, -0.05) is 6.08 Å². The molecule has 0 aromatic carbocycles. The average molecular weight is 123 g/mol. The highest BCUT2D eigenvalue weighted by Crippen LogP contribution is 2.13. The molecule has 0 amide bonds. The van der Waals surface area contributed by atoms with Crippen LogP contribution in [-0.2, 0) is 0 Å². The number of nitrogens with zero attached hydrogens (tertiary/aromatic N) is 1. The molecular weight excluding hydrogens is 118 g/mol. The van der Waals surface area contributed by atoms with E-state index < -0.39 is 0 Å². The first-order valence-corrected chi connectivity index (χ1v) is 3.36. The predicted molar refractivity (Wildman–Crippen MR) is 35.3 cm³/mol. The lowest BCUT2D eigenvalue weighted by atomic mass is 10.3. The van der Waals surface area contributed by atoms with Crippen molar-refractivity contribution in [1.29, 1.82) is 5.26 Å². The fraction of sp³-hybridized carbons (Fsp3) is 0.167. The van der Waals surface area contributed by atoms with E-state index in [4.69, 9.17) is 5.26 Å². The zero-order valence-electron chi connectivity index (χ0n) is 4.29. The van der Waals surface area contributed by atoms with Gasteiger partial charge in [-0.25, -0.2) is 0 Å². The van der Waals surface area contributed by atoms with E-state index in [2.05, 4.69) is 6.07 Å². The van der Waals surface area contributed by atoms with Crippen LogP contribution in [0.4, 0.5) is 0 Å². The van der Waals surface area contributed by atoms with E-state index >= 15 is 0 Å². The van der Waals surface area contributed by atoms with Gasteiger partial charge in [0.2, 0.25) is 0 Å². The fourth-order valence-corrected chi connectivity index (χ4v) is 1.09. The van der Waals surface area contributed by atoms with Crippen LogP contribution in [0.15, 0.2) is 23.1 Å². The molecule has 0 bridgehead atoms. The summed E-state index contributed by atoms with van der Waals surface area (Å²) in [7, 11) is 0. The fourth-order valence-electron chi connectivity index (χ4n) is 0.467. The largest absolute Gasteiger partial charge is 0.193 e. The van der Waals surface area contributed by atoms with Gasteiger partial charge in [0, 0.05) is 11.3 Å². The highest BCUT2D eigenvalue weighted by molar-refractivity contribution is 8.02. The summed E-state index contributed by atoms with van der Waals surface area (Å²) in [5.74, 6) is 0.840. The Bertz CT molecular complexity index is 173. The summed E-state index contributed by atoms with van der Waals surface area (Å²) in [6.07, 6.45) is 3.74. The highest BCUT2D eigenvalue weighted by atomic mass is 32.2. The molecule has 8 heavy (non-hydrogen) atoms. The topological polar surface area (TPSA) is 23.8 Å². The molecule has 1 rings (SSSR count). The molecule has 0 aromatic rings. The Morgan fingerprint density at radius 1 is 1.75 bits per heavy atom. The molecular formula is C6H5NS. The quantitative estimate of drug-likeness (QED) is 0.489. The van der Waals surface area contributed by atoms with Crippen LogP contribution in [0, 0.1) is 11.3 Å². The summed E-state index contributed by atoms with van der Waals surface area (Å²) in [4.78, 5) is 0. The normalized spacial score (nSPS) is 17.1. The van der Waals surface area contributed by atoms with Crippen molar-refractivity contribution < 1.29 is 0 Å². The first-order valence-electron chi connectivity index (χ1n) is 2.31. The van der Waals surface area contributed by atoms with Crippen LogP contribution < -0.4 is 0 Å². The van der Waals surface area contributed by atoms with Crippen LogP contribution in [0.3, 0.4) is 0 Å². The third-order valence-electron chi connectivity index (χ3n) is 0.855. The second kappa shape index (κ2) is 2.58. The maximum absolute atomic E-state index is 8.33. The van der Waals surface area contributed by atoms with Gasteiger partial charge in [-0.3, -0.25) is 0 Å². The van der Waals surface area contributed by atoms with Crippen molar-refractivity contribution in [3.05, 3.63) is 23.1 Å². The molecule has 40 valence electrons. The smallest absolute Gasteiger partial charge is 0.0956 e. The van der Waals surface area contributed by atoms with Gasteiger partial charge in [0.15, 0.2) is 0 Å². The average Bonchev–Trinajstić information content (AvgIpc) is 1.90. The molecule has 0 fully saturated rings. The number of nitriles is 1. The summed E-state index contributed by atoms with van der Waals surface area (Å²) in [6, 6.07) is 2.09. The van der Waals surface area contributed by atoms with E-state index in [1.54, 1.807) is 11.8 Å². The molecule has 1 aliphatic heterocycles. The van der Waals surface area contributed by atoms with Gasteiger partial charge in [-0.2, -0.15) is 5.26 Å². The molecule has 2 heteroatoms. The van der Waals surface area contributed by atoms with E-state index in [0.29, 0.717) is 0 Å². The molecule has 1 aliphatic rings. The Kier molecular flexibility index (Phi) is 1.76. The molecule has 0 unspecified atom stereocenters. The molecule has 0 atom stereocenters. The SMILES string of the molecule is N#CC1=CC=CSC1. The lowest BCUT2D eigenvalue weighted by molar-refractivity contribution is 1.45. The van der Waals surface area contributed by atoms with E-state index in [-0.39, 0.29) is 0 Å². The molecule has 0 radical (unpaired) electrons. The summed E-state index contributed by atoms with van der Waals surface area (Å²) in [5.41, 5.74) is 0.859. The van der Waals surface area contributed by atoms with E-state index in [0.717, 1.165) is 11.3 Å². The first kappa shape index (κ1) is 5.46. The molecule has 1 nitrogen and oxygen atoms in total. The molecule has 0 N–H and O–H groups in total. The van der Waals surface area contributed by atoms with Gasteiger partial charge in [0.05, 0.1) is 6.07 Å². The standard InChI is InChI=1S/C6H5NS/c7-4-6-2-1-3-8-5-6/h1-3H,5H2. The maximum Gasteiger partial charge on any atom is 0.0956 e. The predicted octanol–water partition coefficient (Wildman–Crippen LogP) is 1.70. The third kappa shape index (κ3) is 1.14. The van der Waals surface area contributed by atoms with E-state index in [1.807, 2.05) is 17.6 Å². The minimum Gasteiger partial charge on any atom is -0.193 e. The second-order valence-corrected chi connectivity index (χ2v) is 2.34. The van der Waals surface area contributed by atoms with Crippen LogP contribution in [0.5, 0.6) is 0 Å². The van der Waals surface area contributed by atoms with E-state index in [9.17, 15) is 0 Å². The van der Waals surface area contributed by atoms with Gasteiger partial charge in [-0.15, -0.1) is 11.8 Å². The monoisotopic (exact) mass is 123 g/mol. The Hall–Kier alpha value is -0.680. The number of hydrogen-bond acceptors (Lipinski definition) is 2. The van der Waals surface area contributed by atoms with Crippen LogP contribution in [0.1, 0.15) is 0 Å². The van der Waals surface area contributed by atoms with Crippen molar-refractivity contribution in [3.63, 3.8) is 0 Å². The lowest BCUT2D eigenvalue weighted by Gasteiger charge is -1.95. The summed E-state index contributed by atoms with van der Waals surface area (Å²) >= 11 is 1.66. The molecule has 0 aliphatic carbocycles. The maximum atomic E-state index is 8.33. The molecule has 0 aromatic heterocycles. The first-order chi connectivity index (χ1) is 3.93. The molecule has 0 saturated carbocycles. The zero-order chi connectivity index (χ0) is 5.82. The van der Waals surface area contributed by atoms with Crippen molar-refractivity contribution in [3.8, 4) is 6.07 Å². The number of hydrogen-bond donors (Lipinski definition) is 0. The lowest BCUT2D eigenvalue weighted by Crippen LogP contribution is -1.83. The third-order valence-corrected chi connectivity index (χ3v) is 1.68.